The first-order valence-electron chi connectivity index (χ1n) is 6.46. The highest BCUT2D eigenvalue weighted by Gasteiger charge is 2.12. The molecule has 0 radical (unpaired) electrons. The van der Waals surface area contributed by atoms with Crippen molar-refractivity contribution in [2.24, 2.45) is 0 Å². The number of amides is 1. The van der Waals surface area contributed by atoms with Gasteiger partial charge in [0.1, 0.15) is 11.5 Å². The Bertz CT molecular complexity index is 437. The van der Waals surface area contributed by atoms with Crippen LogP contribution in [0.5, 0.6) is 0 Å². The lowest BCUT2D eigenvalue weighted by molar-refractivity contribution is -0.140. The molecular formula is C14H21NO4. The first kappa shape index (κ1) is 15.3. The molecule has 5 heteroatoms. The topological polar surface area (TPSA) is 68.5 Å². The Morgan fingerprint density at radius 1 is 1.26 bits per heavy atom. The molecule has 0 saturated carbocycles. The van der Waals surface area contributed by atoms with Crippen LogP contribution in [-0.2, 0) is 9.53 Å². The van der Waals surface area contributed by atoms with E-state index in [1.54, 1.807) is 13.0 Å². The highest BCUT2D eigenvalue weighted by molar-refractivity contribution is 5.95. The molecule has 1 aromatic rings. The molecule has 0 fully saturated rings. The zero-order valence-electron chi connectivity index (χ0n) is 11.7. The highest BCUT2D eigenvalue weighted by Crippen LogP contribution is 2.13. The van der Waals surface area contributed by atoms with Crippen LogP contribution in [0.1, 0.15) is 47.6 Å². The van der Waals surface area contributed by atoms with Crippen molar-refractivity contribution in [1.29, 1.82) is 0 Å². The molecule has 106 valence electrons. The Kier molecular flexibility index (Phi) is 6.12. The van der Waals surface area contributed by atoms with Crippen LogP contribution in [0, 0.1) is 13.8 Å². The minimum Gasteiger partial charge on any atom is -0.469 e. The van der Waals surface area contributed by atoms with Gasteiger partial charge in [0.2, 0.25) is 0 Å². The molecule has 0 atom stereocenters. The molecule has 0 unspecified atom stereocenters. The van der Waals surface area contributed by atoms with Gasteiger partial charge < -0.3 is 14.5 Å². The molecule has 1 heterocycles. The smallest absolute Gasteiger partial charge is 0.305 e. The monoisotopic (exact) mass is 267 g/mol. The molecule has 0 aromatic carbocycles. The SMILES string of the molecule is COC(=O)CCCCCNC(=O)c1cc(C)oc1C. The van der Waals surface area contributed by atoms with E-state index in [-0.39, 0.29) is 11.9 Å². The summed E-state index contributed by atoms with van der Waals surface area (Å²) >= 11 is 0. The van der Waals surface area contributed by atoms with Gasteiger partial charge >= 0.3 is 5.97 Å². The third kappa shape index (κ3) is 5.16. The molecule has 1 rings (SSSR count). The summed E-state index contributed by atoms with van der Waals surface area (Å²) in [5.41, 5.74) is 0.590. The molecule has 0 aliphatic heterocycles. The van der Waals surface area contributed by atoms with Gasteiger partial charge in [0.15, 0.2) is 0 Å². The van der Waals surface area contributed by atoms with E-state index < -0.39 is 0 Å². The molecule has 0 bridgehead atoms. The quantitative estimate of drug-likeness (QED) is 0.608. The summed E-state index contributed by atoms with van der Waals surface area (Å²) in [7, 11) is 1.39. The third-order valence-corrected chi connectivity index (χ3v) is 2.86. The number of carbonyl (C=O) groups excluding carboxylic acids is 2. The van der Waals surface area contributed by atoms with Gasteiger partial charge in [-0.15, -0.1) is 0 Å². The maximum Gasteiger partial charge on any atom is 0.305 e. The number of unbranched alkanes of at least 4 members (excludes halogenated alkanes) is 2. The molecule has 0 aliphatic rings. The Morgan fingerprint density at radius 3 is 2.58 bits per heavy atom. The fraction of sp³-hybridized carbons (Fsp3) is 0.571. The number of carbonyl (C=O) groups is 2. The Balaban J connectivity index is 2.18. The van der Waals surface area contributed by atoms with Crippen LogP contribution in [0.25, 0.3) is 0 Å². The van der Waals surface area contributed by atoms with Crippen molar-refractivity contribution in [2.45, 2.75) is 39.5 Å². The van der Waals surface area contributed by atoms with Gasteiger partial charge in [-0.05, 0) is 32.8 Å². The molecule has 1 N–H and O–H groups in total. The van der Waals surface area contributed by atoms with Crippen LogP contribution >= 0.6 is 0 Å². The van der Waals surface area contributed by atoms with E-state index in [2.05, 4.69) is 10.1 Å². The van der Waals surface area contributed by atoms with Gasteiger partial charge in [-0.2, -0.15) is 0 Å². The van der Waals surface area contributed by atoms with E-state index in [1.807, 2.05) is 6.92 Å². The highest BCUT2D eigenvalue weighted by atomic mass is 16.5. The summed E-state index contributed by atoms with van der Waals surface area (Å²) < 4.78 is 9.86. The number of esters is 1. The van der Waals surface area contributed by atoms with Crippen molar-refractivity contribution in [2.75, 3.05) is 13.7 Å². The predicted octanol–water partition coefficient (Wildman–Crippen LogP) is 2.36. The van der Waals surface area contributed by atoms with E-state index in [0.717, 1.165) is 25.0 Å². The number of rotatable bonds is 7. The zero-order chi connectivity index (χ0) is 14.3. The van der Waals surface area contributed by atoms with Gasteiger partial charge in [-0.3, -0.25) is 9.59 Å². The Morgan fingerprint density at radius 2 is 2.00 bits per heavy atom. The number of aryl methyl sites for hydroxylation is 2. The summed E-state index contributed by atoms with van der Waals surface area (Å²) in [5.74, 6) is 1.08. The lowest BCUT2D eigenvalue weighted by Crippen LogP contribution is -2.24. The Hall–Kier alpha value is -1.78. The molecule has 1 amide bonds. The molecule has 19 heavy (non-hydrogen) atoms. The molecule has 0 saturated heterocycles. The normalized spacial score (nSPS) is 10.3. The van der Waals surface area contributed by atoms with Gasteiger partial charge in [0.25, 0.3) is 5.91 Å². The maximum atomic E-state index is 11.8. The van der Waals surface area contributed by atoms with E-state index in [9.17, 15) is 9.59 Å². The summed E-state index contributed by atoms with van der Waals surface area (Å²) in [4.78, 5) is 22.7. The number of hydrogen-bond acceptors (Lipinski definition) is 4. The third-order valence-electron chi connectivity index (χ3n) is 2.86. The summed E-state index contributed by atoms with van der Waals surface area (Å²) in [6.07, 6.45) is 2.95. The van der Waals surface area contributed by atoms with E-state index in [1.165, 1.54) is 7.11 Å². The predicted molar refractivity (Wildman–Crippen MR) is 71.0 cm³/mol. The van der Waals surface area contributed by atoms with Crippen molar-refractivity contribution in [3.05, 3.63) is 23.2 Å². The number of hydrogen-bond donors (Lipinski definition) is 1. The Labute approximate surface area is 113 Å². The van der Waals surface area contributed by atoms with Crippen LogP contribution in [0.4, 0.5) is 0 Å². The molecular weight excluding hydrogens is 246 g/mol. The maximum absolute atomic E-state index is 11.8. The van der Waals surface area contributed by atoms with Crippen molar-refractivity contribution < 1.29 is 18.7 Å². The number of furan rings is 1. The second kappa shape index (κ2) is 7.61. The standard InChI is InChI=1S/C14H21NO4/c1-10-9-12(11(2)19-10)14(17)15-8-6-4-5-7-13(16)18-3/h9H,4-8H2,1-3H3,(H,15,17). The van der Waals surface area contributed by atoms with Crippen LogP contribution in [0.15, 0.2) is 10.5 Å². The minimum absolute atomic E-state index is 0.109. The average Bonchev–Trinajstić information content (AvgIpc) is 2.72. The molecule has 0 aliphatic carbocycles. The largest absolute Gasteiger partial charge is 0.469 e. The lowest BCUT2D eigenvalue weighted by Gasteiger charge is -2.04. The second-order valence-electron chi connectivity index (χ2n) is 4.47. The average molecular weight is 267 g/mol. The van der Waals surface area contributed by atoms with E-state index in [0.29, 0.717) is 24.3 Å². The van der Waals surface area contributed by atoms with Gasteiger partial charge in [0, 0.05) is 13.0 Å². The van der Waals surface area contributed by atoms with E-state index in [4.69, 9.17) is 4.42 Å². The van der Waals surface area contributed by atoms with Crippen molar-refractivity contribution >= 4 is 11.9 Å². The second-order valence-corrected chi connectivity index (χ2v) is 4.47. The van der Waals surface area contributed by atoms with Crippen LogP contribution < -0.4 is 5.32 Å². The fourth-order valence-corrected chi connectivity index (χ4v) is 1.83. The van der Waals surface area contributed by atoms with Crippen LogP contribution in [0.3, 0.4) is 0 Å². The number of nitrogens with one attached hydrogen (secondary N) is 1. The molecule has 5 nitrogen and oxygen atoms in total. The first-order chi connectivity index (χ1) is 9.04. The number of ether oxygens (including phenoxy) is 1. The van der Waals surface area contributed by atoms with Crippen molar-refractivity contribution in [3.63, 3.8) is 0 Å². The first-order valence-corrected chi connectivity index (χ1v) is 6.46. The number of methoxy groups -OCH3 is 1. The fourth-order valence-electron chi connectivity index (χ4n) is 1.83. The summed E-state index contributed by atoms with van der Waals surface area (Å²) in [6, 6.07) is 1.74. The van der Waals surface area contributed by atoms with Gasteiger partial charge in [-0.25, -0.2) is 0 Å². The molecule has 1 aromatic heterocycles. The van der Waals surface area contributed by atoms with Gasteiger partial charge in [-0.1, -0.05) is 6.42 Å². The van der Waals surface area contributed by atoms with Gasteiger partial charge in [0.05, 0.1) is 12.7 Å². The van der Waals surface area contributed by atoms with E-state index >= 15 is 0 Å². The zero-order valence-corrected chi connectivity index (χ0v) is 11.7. The lowest BCUT2D eigenvalue weighted by atomic mass is 10.2. The van der Waals surface area contributed by atoms with Crippen LogP contribution in [0.2, 0.25) is 0 Å². The molecule has 0 spiro atoms. The minimum atomic E-state index is -0.187. The van der Waals surface area contributed by atoms with Crippen LogP contribution in [-0.4, -0.2) is 25.5 Å². The summed E-state index contributed by atoms with van der Waals surface area (Å²) in [5, 5.41) is 2.84. The summed E-state index contributed by atoms with van der Waals surface area (Å²) in [6.45, 7) is 4.19. The van der Waals surface area contributed by atoms with Crippen molar-refractivity contribution in [3.8, 4) is 0 Å². The van der Waals surface area contributed by atoms with Crippen molar-refractivity contribution in [1.82, 2.24) is 5.32 Å².